The van der Waals surface area contributed by atoms with Crippen LogP contribution in [0.5, 0.6) is 0 Å². The molecule has 0 saturated carbocycles. The Hall–Kier alpha value is -1.71. The van der Waals surface area contributed by atoms with Crippen LogP contribution in [0, 0.1) is 11.8 Å². The van der Waals surface area contributed by atoms with Gasteiger partial charge in [0.15, 0.2) is 0 Å². The van der Waals surface area contributed by atoms with Gasteiger partial charge in [0.05, 0.1) is 5.69 Å². The Balaban J connectivity index is 1.30. The normalized spacial score (nSPS) is 20.6. The number of rotatable bonds is 4. The van der Waals surface area contributed by atoms with Crippen LogP contribution in [0.25, 0.3) is 11.3 Å². The van der Waals surface area contributed by atoms with Gasteiger partial charge in [-0.15, -0.1) is 0 Å². The number of piperidine rings is 2. The summed E-state index contributed by atoms with van der Waals surface area (Å²) in [4.78, 5) is 7.06. The number of hydrogen-bond acceptors (Lipinski definition) is 3. The molecule has 132 valence electrons. The maximum Gasteiger partial charge on any atom is 0.0701 e. The molecule has 3 heterocycles. The largest absolute Gasteiger partial charge is 0.317 e. The van der Waals surface area contributed by atoms with E-state index in [1.54, 1.807) is 0 Å². The first-order valence-corrected chi connectivity index (χ1v) is 9.82. The van der Waals surface area contributed by atoms with Crippen molar-refractivity contribution in [2.24, 2.45) is 11.8 Å². The molecule has 2 fully saturated rings. The lowest BCUT2D eigenvalue weighted by molar-refractivity contribution is 0.126. The molecule has 1 aromatic carbocycles. The smallest absolute Gasteiger partial charge is 0.0701 e. The fourth-order valence-corrected chi connectivity index (χ4v) is 4.47. The van der Waals surface area contributed by atoms with E-state index in [1.165, 1.54) is 63.0 Å². The monoisotopic (exact) mass is 335 g/mol. The highest BCUT2D eigenvalue weighted by molar-refractivity contribution is 5.58. The Kier molecular flexibility index (Phi) is 5.43. The van der Waals surface area contributed by atoms with Gasteiger partial charge in [-0.05, 0) is 81.4 Å². The van der Waals surface area contributed by atoms with Gasteiger partial charge in [-0.3, -0.25) is 9.88 Å². The average Bonchev–Trinajstić information content (AvgIpc) is 2.71. The Morgan fingerprint density at radius 1 is 0.880 bits per heavy atom. The molecule has 4 rings (SSSR count). The number of benzene rings is 1. The van der Waals surface area contributed by atoms with Crippen LogP contribution < -0.4 is 5.32 Å². The molecule has 0 aliphatic carbocycles. The molecule has 0 amide bonds. The van der Waals surface area contributed by atoms with Gasteiger partial charge in [-0.2, -0.15) is 0 Å². The zero-order valence-electron chi connectivity index (χ0n) is 15.0. The zero-order chi connectivity index (χ0) is 16.9. The molecule has 3 heteroatoms. The zero-order valence-corrected chi connectivity index (χ0v) is 15.0. The van der Waals surface area contributed by atoms with E-state index in [2.05, 4.69) is 45.5 Å². The van der Waals surface area contributed by atoms with Crippen LogP contribution in [0.4, 0.5) is 0 Å². The lowest BCUT2D eigenvalue weighted by Gasteiger charge is -2.37. The minimum Gasteiger partial charge on any atom is -0.317 e. The molecule has 2 saturated heterocycles. The molecule has 0 bridgehead atoms. The van der Waals surface area contributed by atoms with Gasteiger partial charge in [0.1, 0.15) is 0 Å². The summed E-state index contributed by atoms with van der Waals surface area (Å²) in [6, 6.07) is 15.0. The number of nitrogens with zero attached hydrogens (tertiary/aromatic N) is 2. The van der Waals surface area contributed by atoms with Crippen LogP contribution in [-0.4, -0.2) is 36.1 Å². The molecule has 1 N–H and O–H groups in total. The Morgan fingerprint density at radius 2 is 1.60 bits per heavy atom. The minimum atomic E-state index is 0.963. The van der Waals surface area contributed by atoms with Crippen molar-refractivity contribution in [3.05, 3.63) is 54.2 Å². The Morgan fingerprint density at radius 3 is 2.28 bits per heavy atom. The summed E-state index contributed by atoms with van der Waals surface area (Å²) in [6.45, 7) is 6.07. The lowest BCUT2D eigenvalue weighted by atomic mass is 9.79. The molecule has 2 aromatic rings. The summed E-state index contributed by atoms with van der Waals surface area (Å²) in [5.74, 6) is 1.94. The highest BCUT2D eigenvalue weighted by atomic mass is 15.1. The first-order chi connectivity index (χ1) is 12.4. The third-order valence-electron chi connectivity index (χ3n) is 6.00. The van der Waals surface area contributed by atoms with Crippen molar-refractivity contribution in [2.75, 3.05) is 26.2 Å². The van der Waals surface area contributed by atoms with Gasteiger partial charge in [0.25, 0.3) is 0 Å². The fraction of sp³-hybridized carbons (Fsp3) is 0.500. The van der Waals surface area contributed by atoms with Crippen molar-refractivity contribution < 1.29 is 0 Å². The number of likely N-dealkylation sites (tertiary alicyclic amines) is 1. The number of nitrogens with one attached hydrogen (secondary N) is 1. The molecular formula is C22H29N3. The molecular weight excluding hydrogens is 306 g/mol. The van der Waals surface area contributed by atoms with E-state index < -0.39 is 0 Å². The molecule has 1 aromatic heterocycles. The predicted octanol–water partition coefficient (Wildman–Crippen LogP) is 3.96. The van der Waals surface area contributed by atoms with Crippen LogP contribution in [0.15, 0.2) is 48.7 Å². The summed E-state index contributed by atoms with van der Waals surface area (Å²) in [7, 11) is 0. The van der Waals surface area contributed by atoms with E-state index in [-0.39, 0.29) is 0 Å². The maximum atomic E-state index is 4.43. The van der Waals surface area contributed by atoms with E-state index in [9.17, 15) is 0 Å². The summed E-state index contributed by atoms with van der Waals surface area (Å²) in [5.41, 5.74) is 3.67. The molecule has 2 aliphatic heterocycles. The SMILES string of the molecule is c1ccc(-c2ccc(CN3CCC(C4CCNCC4)CC3)cc2)nc1. The van der Waals surface area contributed by atoms with Crippen LogP contribution in [0.2, 0.25) is 0 Å². The lowest BCUT2D eigenvalue weighted by Crippen LogP contribution is -2.39. The summed E-state index contributed by atoms with van der Waals surface area (Å²) >= 11 is 0. The maximum absolute atomic E-state index is 4.43. The topological polar surface area (TPSA) is 28.2 Å². The second-order valence-electron chi connectivity index (χ2n) is 7.61. The quantitative estimate of drug-likeness (QED) is 0.917. The van der Waals surface area contributed by atoms with Gasteiger partial charge in [-0.25, -0.2) is 0 Å². The average molecular weight is 335 g/mol. The van der Waals surface area contributed by atoms with Crippen molar-refractivity contribution in [3.8, 4) is 11.3 Å². The van der Waals surface area contributed by atoms with Crippen LogP contribution in [0.1, 0.15) is 31.2 Å². The van der Waals surface area contributed by atoms with Gasteiger partial charge >= 0.3 is 0 Å². The first kappa shape index (κ1) is 16.7. The summed E-state index contributed by atoms with van der Waals surface area (Å²) in [6.07, 6.45) is 7.41. The van der Waals surface area contributed by atoms with Crippen molar-refractivity contribution >= 4 is 0 Å². The summed E-state index contributed by atoms with van der Waals surface area (Å²) in [5, 5.41) is 3.50. The predicted molar refractivity (Wildman–Crippen MR) is 103 cm³/mol. The van der Waals surface area contributed by atoms with Gasteiger partial charge in [0, 0.05) is 18.3 Å². The molecule has 0 unspecified atom stereocenters. The molecule has 3 nitrogen and oxygen atoms in total. The van der Waals surface area contributed by atoms with E-state index in [4.69, 9.17) is 0 Å². The van der Waals surface area contributed by atoms with E-state index >= 15 is 0 Å². The third kappa shape index (κ3) is 4.28. The van der Waals surface area contributed by atoms with E-state index in [0.29, 0.717) is 0 Å². The first-order valence-electron chi connectivity index (χ1n) is 9.82. The standard InChI is InChI=1S/C22H29N3/c1-2-12-24-22(3-1)21-6-4-18(5-7-21)17-25-15-10-20(11-16-25)19-8-13-23-14-9-19/h1-7,12,19-20,23H,8-11,13-17H2. The van der Waals surface area contributed by atoms with Crippen LogP contribution >= 0.6 is 0 Å². The third-order valence-corrected chi connectivity index (χ3v) is 6.00. The summed E-state index contributed by atoms with van der Waals surface area (Å²) < 4.78 is 0. The second-order valence-corrected chi connectivity index (χ2v) is 7.61. The van der Waals surface area contributed by atoms with Crippen molar-refractivity contribution in [3.63, 3.8) is 0 Å². The molecule has 2 aliphatic rings. The van der Waals surface area contributed by atoms with Crippen molar-refractivity contribution in [2.45, 2.75) is 32.2 Å². The van der Waals surface area contributed by atoms with Crippen molar-refractivity contribution in [1.29, 1.82) is 0 Å². The molecule has 25 heavy (non-hydrogen) atoms. The van der Waals surface area contributed by atoms with E-state index in [0.717, 1.165) is 24.1 Å². The molecule has 0 spiro atoms. The second kappa shape index (κ2) is 8.11. The van der Waals surface area contributed by atoms with Crippen LogP contribution in [-0.2, 0) is 6.54 Å². The molecule has 0 radical (unpaired) electrons. The van der Waals surface area contributed by atoms with Crippen LogP contribution in [0.3, 0.4) is 0 Å². The van der Waals surface area contributed by atoms with Gasteiger partial charge < -0.3 is 5.32 Å². The van der Waals surface area contributed by atoms with E-state index in [1.807, 2.05) is 18.3 Å². The molecule has 0 atom stereocenters. The number of aromatic nitrogens is 1. The minimum absolute atomic E-state index is 0.963. The fourth-order valence-electron chi connectivity index (χ4n) is 4.47. The highest BCUT2D eigenvalue weighted by Gasteiger charge is 2.27. The van der Waals surface area contributed by atoms with Crippen molar-refractivity contribution in [1.82, 2.24) is 15.2 Å². The Labute approximate surface area is 151 Å². The number of pyridine rings is 1. The van der Waals surface area contributed by atoms with Gasteiger partial charge in [0.2, 0.25) is 0 Å². The highest BCUT2D eigenvalue weighted by Crippen LogP contribution is 2.31. The van der Waals surface area contributed by atoms with Gasteiger partial charge in [-0.1, -0.05) is 30.3 Å². The Bertz CT molecular complexity index is 639. The number of hydrogen-bond donors (Lipinski definition) is 1.